The Bertz CT molecular complexity index is 621. The van der Waals surface area contributed by atoms with E-state index in [-0.39, 0.29) is 17.5 Å². The normalized spacial score (nSPS) is 10.1. The summed E-state index contributed by atoms with van der Waals surface area (Å²) in [5.41, 5.74) is 2.68. The van der Waals surface area contributed by atoms with Crippen LogP contribution in [0.25, 0.3) is 0 Å². The number of carbonyl (C=O) groups is 1. The highest BCUT2D eigenvalue weighted by molar-refractivity contribution is 5.89. The lowest BCUT2D eigenvalue weighted by Crippen LogP contribution is -2.30. The van der Waals surface area contributed by atoms with Crippen LogP contribution in [-0.4, -0.2) is 22.8 Å². The molecule has 2 aromatic rings. The van der Waals surface area contributed by atoms with Crippen LogP contribution in [0.15, 0.2) is 42.5 Å². The number of aryl methyl sites for hydroxylation is 1. The Labute approximate surface area is 123 Å². The van der Waals surface area contributed by atoms with Gasteiger partial charge in [-0.3, -0.25) is 0 Å². The van der Waals surface area contributed by atoms with Crippen LogP contribution in [0.4, 0.5) is 10.5 Å². The van der Waals surface area contributed by atoms with E-state index in [1.807, 2.05) is 25.1 Å². The van der Waals surface area contributed by atoms with Gasteiger partial charge in [-0.05, 0) is 18.9 Å². The molecule has 0 saturated heterocycles. The second-order valence-electron chi connectivity index (χ2n) is 4.86. The number of hydrogen-bond acceptors (Lipinski definition) is 3. The first kappa shape index (κ1) is 14.7. The topological polar surface area (TPSA) is 81.6 Å². The number of hydrogen-bond donors (Lipinski definition) is 4. The first-order chi connectivity index (χ1) is 10.0. The number of aromatic hydroxyl groups is 2. The van der Waals surface area contributed by atoms with Crippen LogP contribution in [0.5, 0.6) is 11.5 Å². The summed E-state index contributed by atoms with van der Waals surface area (Å²) in [6, 6.07) is 11.6. The van der Waals surface area contributed by atoms with E-state index in [1.54, 1.807) is 0 Å². The molecule has 0 bridgehead atoms. The highest BCUT2D eigenvalue weighted by Crippen LogP contribution is 2.23. The third-order valence-corrected chi connectivity index (χ3v) is 2.94. The molecule has 5 heteroatoms. The van der Waals surface area contributed by atoms with E-state index in [9.17, 15) is 15.0 Å². The average Bonchev–Trinajstić information content (AvgIpc) is 2.37. The monoisotopic (exact) mass is 286 g/mol. The molecule has 0 spiro atoms. The maximum atomic E-state index is 11.7. The molecule has 110 valence electrons. The zero-order valence-electron chi connectivity index (χ0n) is 11.8. The number of anilines is 1. The zero-order chi connectivity index (χ0) is 15.2. The third kappa shape index (κ3) is 4.72. The van der Waals surface area contributed by atoms with Gasteiger partial charge in [0.25, 0.3) is 0 Å². The summed E-state index contributed by atoms with van der Waals surface area (Å²) in [6.07, 6.45) is 0.736. The molecule has 21 heavy (non-hydrogen) atoms. The van der Waals surface area contributed by atoms with Gasteiger partial charge in [0.1, 0.15) is 11.5 Å². The van der Waals surface area contributed by atoms with E-state index >= 15 is 0 Å². The number of phenols is 2. The number of phenolic OH excluding ortho intramolecular Hbond substituents is 2. The minimum atomic E-state index is -0.382. The predicted octanol–water partition coefficient (Wildman–Crippen LogP) is 2.77. The maximum absolute atomic E-state index is 11.7. The second kappa shape index (κ2) is 6.65. The smallest absolute Gasteiger partial charge is 0.319 e. The third-order valence-electron chi connectivity index (χ3n) is 2.94. The van der Waals surface area contributed by atoms with Gasteiger partial charge < -0.3 is 20.8 Å². The summed E-state index contributed by atoms with van der Waals surface area (Å²) in [6.45, 7) is 2.53. The van der Waals surface area contributed by atoms with Crippen molar-refractivity contribution in [2.75, 3.05) is 11.9 Å². The Kier molecular flexibility index (Phi) is 4.66. The van der Waals surface area contributed by atoms with Crippen LogP contribution in [0.2, 0.25) is 0 Å². The van der Waals surface area contributed by atoms with E-state index in [4.69, 9.17) is 0 Å². The van der Waals surface area contributed by atoms with Crippen LogP contribution in [0.1, 0.15) is 11.1 Å². The van der Waals surface area contributed by atoms with Crippen molar-refractivity contribution in [1.82, 2.24) is 5.32 Å². The first-order valence-electron chi connectivity index (χ1n) is 6.66. The van der Waals surface area contributed by atoms with Crippen LogP contribution in [-0.2, 0) is 6.42 Å². The van der Waals surface area contributed by atoms with Gasteiger partial charge in [-0.15, -0.1) is 0 Å². The molecule has 2 rings (SSSR count). The first-order valence-corrected chi connectivity index (χ1v) is 6.66. The van der Waals surface area contributed by atoms with Gasteiger partial charge in [0.15, 0.2) is 0 Å². The molecular weight excluding hydrogens is 268 g/mol. The summed E-state index contributed by atoms with van der Waals surface area (Å²) in [7, 11) is 0. The van der Waals surface area contributed by atoms with E-state index in [0.29, 0.717) is 12.2 Å². The molecule has 0 radical (unpaired) electrons. The van der Waals surface area contributed by atoms with Crippen molar-refractivity contribution in [2.45, 2.75) is 13.3 Å². The van der Waals surface area contributed by atoms with Crippen LogP contribution in [0.3, 0.4) is 0 Å². The van der Waals surface area contributed by atoms with Crippen molar-refractivity contribution in [1.29, 1.82) is 0 Å². The van der Waals surface area contributed by atoms with Gasteiger partial charge in [0.2, 0.25) is 0 Å². The van der Waals surface area contributed by atoms with Crippen LogP contribution in [0, 0.1) is 6.92 Å². The fraction of sp³-hybridized carbons (Fsp3) is 0.188. The number of urea groups is 1. The van der Waals surface area contributed by atoms with E-state index in [1.165, 1.54) is 23.8 Å². The van der Waals surface area contributed by atoms with Gasteiger partial charge in [-0.2, -0.15) is 0 Å². The molecule has 0 heterocycles. The minimum Gasteiger partial charge on any atom is -0.508 e. The molecular formula is C16H18N2O3. The summed E-state index contributed by atoms with van der Waals surface area (Å²) in [4.78, 5) is 11.7. The summed E-state index contributed by atoms with van der Waals surface area (Å²) < 4.78 is 0. The second-order valence-corrected chi connectivity index (χ2v) is 4.86. The fourth-order valence-corrected chi connectivity index (χ4v) is 2.03. The van der Waals surface area contributed by atoms with Crippen molar-refractivity contribution >= 4 is 11.7 Å². The predicted molar refractivity (Wildman–Crippen MR) is 81.7 cm³/mol. The molecule has 2 amide bonds. The molecule has 5 nitrogen and oxygen atoms in total. The molecule has 0 saturated carbocycles. The van der Waals surface area contributed by atoms with Crippen molar-refractivity contribution in [3.8, 4) is 11.5 Å². The highest BCUT2D eigenvalue weighted by Gasteiger charge is 2.04. The molecule has 0 aliphatic carbocycles. The molecule has 0 aliphatic rings. The standard InChI is InChI=1S/C16H18N2O3/c1-11-3-2-4-12(7-11)5-6-17-16(21)18-13-8-14(19)10-15(20)9-13/h2-4,7-10,19-20H,5-6H2,1H3,(H2,17,18,21). The van der Waals surface area contributed by atoms with Gasteiger partial charge in [-0.25, -0.2) is 4.79 Å². The number of rotatable bonds is 4. The van der Waals surface area contributed by atoms with Crippen molar-refractivity contribution in [2.24, 2.45) is 0 Å². The van der Waals surface area contributed by atoms with E-state index in [2.05, 4.69) is 16.7 Å². The number of carbonyl (C=O) groups excluding carboxylic acids is 1. The highest BCUT2D eigenvalue weighted by atomic mass is 16.3. The molecule has 0 unspecified atom stereocenters. The average molecular weight is 286 g/mol. The van der Waals surface area contributed by atoms with Gasteiger partial charge >= 0.3 is 6.03 Å². The fourth-order valence-electron chi connectivity index (χ4n) is 2.03. The van der Waals surface area contributed by atoms with Crippen LogP contribution < -0.4 is 10.6 Å². The number of nitrogens with one attached hydrogen (secondary N) is 2. The van der Waals surface area contributed by atoms with Gasteiger partial charge in [0.05, 0.1) is 0 Å². The molecule has 0 atom stereocenters. The molecule has 0 aliphatic heterocycles. The quantitative estimate of drug-likeness (QED) is 0.697. The molecule has 0 fully saturated rings. The molecule has 4 N–H and O–H groups in total. The van der Waals surface area contributed by atoms with E-state index < -0.39 is 0 Å². The number of amides is 2. The lowest BCUT2D eigenvalue weighted by molar-refractivity contribution is 0.252. The van der Waals surface area contributed by atoms with E-state index in [0.717, 1.165) is 12.0 Å². The van der Waals surface area contributed by atoms with Crippen molar-refractivity contribution < 1.29 is 15.0 Å². The lowest BCUT2D eigenvalue weighted by Gasteiger charge is -2.08. The summed E-state index contributed by atoms with van der Waals surface area (Å²) in [5, 5.41) is 23.9. The lowest BCUT2D eigenvalue weighted by atomic mass is 10.1. The van der Waals surface area contributed by atoms with Crippen molar-refractivity contribution in [3.63, 3.8) is 0 Å². The van der Waals surface area contributed by atoms with Crippen LogP contribution >= 0.6 is 0 Å². The number of benzene rings is 2. The van der Waals surface area contributed by atoms with Gasteiger partial charge in [-0.1, -0.05) is 29.8 Å². The Hall–Kier alpha value is -2.69. The SMILES string of the molecule is Cc1cccc(CCNC(=O)Nc2cc(O)cc(O)c2)c1. The maximum Gasteiger partial charge on any atom is 0.319 e. The minimum absolute atomic E-state index is 0.106. The Morgan fingerprint density at radius 3 is 2.48 bits per heavy atom. The summed E-state index contributed by atoms with van der Waals surface area (Å²) >= 11 is 0. The molecule has 2 aromatic carbocycles. The van der Waals surface area contributed by atoms with Gasteiger partial charge in [0, 0.05) is 30.4 Å². The largest absolute Gasteiger partial charge is 0.508 e. The Balaban J connectivity index is 1.82. The zero-order valence-corrected chi connectivity index (χ0v) is 11.8. The molecule has 0 aromatic heterocycles. The Morgan fingerprint density at radius 2 is 1.81 bits per heavy atom. The summed E-state index contributed by atoms with van der Waals surface area (Å²) in [5.74, 6) is -0.213. The van der Waals surface area contributed by atoms with Crippen molar-refractivity contribution in [3.05, 3.63) is 53.6 Å². The Morgan fingerprint density at radius 1 is 1.10 bits per heavy atom.